The van der Waals surface area contributed by atoms with E-state index in [1.54, 1.807) is 26.4 Å². The van der Waals surface area contributed by atoms with E-state index in [0.717, 1.165) is 27.4 Å². The van der Waals surface area contributed by atoms with E-state index in [-0.39, 0.29) is 12.3 Å². The molecule has 0 bridgehead atoms. The quantitative estimate of drug-likeness (QED) is 0.580. The van der Waals surface area contributed by atoms with Crippen LogP contribution in [0.15, 0.2) is 42.5 Å². The molecule has 0 atom stereocenters. The predicted octanol–water partition coefficient (Wildman–Crippen LogP) is 4.72. The van der Waals surface area contributed by atoms with Crippen LogP contribution in [-0.4, -0.2) is 31.7 Å². The third kappa shape index (κ3) is 5.06. The molecule has 0 spiro atoms. The van der Waals surface area contributed by atoms with Crippen molar-refractivity contribution in [3.05, 3.63) is 52.9 Å². The summed E-state index contributed by atoms with van der Waals surface area (Å²) in [6.45, 7) is 4.58. The summed E-state index contributed by atoms with van der Waals surface area (Å²) >= 11 is 1.46. The first kappa shape index (κ1) is 20.7. The molecule has 0 saturated heterocycles. The number of rotatable bonds is 8. The lowest BCUT2D eigenvalue weighted by molar-refractivity contribution is -0.115. The zero-order valence-electron chi connectivity index (χ0n) is 16.9. The number of thiazole rings is 1. The third-order valence-electron chi connectivity index (χ3n) is 4.29. The van der Waals surface area contributed by atoms with Crippen molar-refractivity contribution >= 4 is 22.4 Å². The standard InChI is InChI=1S/C22H24N2O4S/c1-5-28-17-9-7-16(8-10-17)21-14(2)29-22(24-21)23-20(25)13-15-6-11-18(26-3)19(12-15)27-4/h6-12H,5,13H2,1-4H3,(H,23,24,25). The van der Waals surface area contributed by atoms with Crippen LogP contribution in [0.25, 0.3) is 11.3 Å². The van der Waals surface area contributed by atoms with Crippen molar-refractivity contribution in [1.29, 1.82) is 0 Å². The van der Waals surface area contributed by atoms with Crippen molar-refractivity contribution in [2.45, 2.75) is 20.3 Å². The number of aromatic nitrogens is 1. The van der Waals surface area contributed by atoms with Gasteiger partial charge < -0.3 is 19.5 Å². The predicted molar refractivity (Wildman–Crippen MR) is 115 cm³/mol. The van der Waals surface area contributed by atoms with Gasteiger partial charge in [0.05, 0.1) is 32.9 Å². The number of methoxy groups -OCH3 is 2. The Bertz CT molecular complexity index is 983. The molecule has 6 nitrogen and oxygen atoms in total. The average molecular weight is 413 g/mol. The minimum absolute atomic E-state index is 0.135. The number of aryl methyl sites for hydroxylation is 1. The fourth-order valence-electron chi connectivity index (χ4n) is 2.93. The van der Waals surface area contributed by atoms with Gasteiger partial charge in [0, 0.05) is 10.4 Å². The highest BCUT2D eigenvalue weighted by Gasteiger charge is 2.14. The topological polar surface area (TPSA) is 69.7 Å². The second kappa shape index (κ2) is 9.43. The maximum atomic E-state index is 12.5. The lowest BCUT2D eigenvalue weighted by Gasteiger charge is -2.09. The highest BCUT2D eigenvalue weighted by molar-refractivity contribution is 7.16. The summed E-state index contributed by atoms with van der Waals surface area (Å²) in [5.74, 6) is 1.92. The lowest BCUT2D eigenvalue weighted by atomic mass is 10.1. The zero-order chi connectivity index (χ0) is 20.8. The summed E-state index contributed by atoms with van der Waals surface area (Å²) in [4.78, 5) is 18.1. The van der Waals surface area contributed by atoms with E-state index in [1.165, 1.54) is 11.3 Å². The van der Waals surface area contributed by atoms with Crippen molar-refractivity contribution in [3.8, 4) is 28.5 Å². The summed E-state index contributed by atoms with van der Waals surface area (Å²) in [5.41, 5.74) is 2.68. The Kier molecular flexibility index (Phi) is 6.72. The summed E-state index contributed by atoms with van der Waals surface area (Å²) < 4.78 is 16.0. The smallest absolute Gasteiger partial charge is 0.230 e. The Labute approximate surface area is 174 Å². The second-order valence-electron chi connectivity index (χ2n) is 6.30. The molecule has 1 aromatic heterocycles. The van der Waals surface area contributed by atoms with Gasteiger partial charge in [0.25, 0.3) is 0 Å². The minimum atomic E-state index is -0.135. The fourth-order valence-corrected chi connectivity index (χ4v) is 3.78. The van der Waals surface area contributed by atoms with Crippen molar-refractivity contribution in [1.82, 2.24) is 4.98 Å². The molecule has 0 aliphatic rings. The van der Waals surface area contributed by atoms with Crippen LogP contribution in [0, 0.1) is 6.92 Å². The normalized spacial score (nSPS) is 10.5. The Morgan fingerprint density at radius 1 is 1.07 bits per heavy atom. The number of hydrogen-bond donors (Lipinski definition) is 1. The molecular weight excluding hydrogens is 388 g/mol. The monoisotopic (exact) mass is 412 g/mol. The number of hydrogen-bond acceptors (Lipinski definition) is 6. The van der Waals surface area contributed by atoms with E-state index in [1.807, 2.05) is 44.2 Å². The van der Waals surface area contributed by atoms with E-state index < -0.39 is 0 Å². The Morgan fingerprint density at radius 2 is 1.79 bits per heavy atom. The highest BCUT2D eigenvalue weighted by atomic mass is 32.1. The van der Waals surface area contributed by atoms with Gasteiger partial charge in [-0.1, -0.05) is 6.07 Å². The van der Waals surface area contributed by atoms with E-state index in [0.29, 0.717) is 23.2 Å². The number of nitrogens with one attached hydrogen (secondary N) is 1. The largest absolute Gasteiger partial charge is 0.494 e. The molecule has 1 amide bonds. The lowest BCUT2D eigenvalue weighted by Crippen LogP contribution is -2.14. The van der Waals surface area contributed by atoms with Gasteiger partial charge in [-0.05, 0) is 55.8 Å². The van der Waals surface area contributed by atoms with Crippen LogP contribution in [0.1, 0.15) is 17.4 Å². The molecule has 7 heteroatoms. The van der Waals surface area contributed by atoms with E-state index >= 15 is 0 Å². The Hall–Kier alpha value is -3.06. The third-order valence-corrected chi connectivity index (χ3v) is 5.18. The number of anilines is 1. The molecule has 3 aromatic rings. The molecule has 29 heavy (non-hydrogen) atoms. The van der Waals surface area contributed by atoms with Gasteiger partial charge in [-0.25, -0.2) is 4.98 Å². The summed E-state index contributed by atoms with van der Waals surface area (Å²) in [6.07, 6.45) is 0.220. The number of benzene rings is 2. The van der Waals surface area contributed by atoms with Gasteiger partial charge in [0.1, 0.15) is 5.75 Å². The molecule has 1 heterocycles. The van der Waals surface area contributed by atoms with Crippen molar-refractivity contribution < 1.29 is 19.0 Å². The molecule has 0 fully saturated rings. The number of nitrogens with zero attached hydrogens (tertiary/aromatic N) is 1. The molecule has 0 radical (unpaired) electrons. The maximum Gasteiger partial charge on any atom is 0.230 e. The van der Waals surface area contributed by atoms with Gasteiger partial charge in [0.15, 0.2) is 16.6 Å². The van der Waals surface area contributed by atoms with Gasteiger partial charge in [0.2, 0.25) is 5.91 Å². The molecule has 0 aliphatic carbocycles. The van der Waals surface area contributed by atoms with Gasteiger partial charge in [-0.3, -0.25) is 4.79 Å². The first-order valence-corrected chi connectivity index (χ1v) is 10.1. The number of ether oxygens (including phenoxy) is 3. The van der Waals surface area contributed by atoms with Gasteiger partial charge in [-0.2, -0.15) is 0 Å². The van der Waals surface area contributed by atoms with Crippen LogP contribution < -0.4 is 19.5 Å². The molecule has 1 N–H and O–H groups in total. The van der Waals surface area contributed by atoms with Crippen LogP contribution in [0.4, 0.5) is 5.13 Å². The first-order valence-electron chi connectivity index (χ1n) is 9.25. The van der Waals surface area contributed by atoms with Crippen LogP contribution >= 0.6 is 11.3 Å². The number of carbonyl (C=O) groups excluding carboxylic acids is 1. The number of carbonyl (C=O) groups is 1. The summed E-state index contributed by atoms with van der Waals surface area (Å²) in [7, 11) is 3.15. The second-order valence-corrected chi connectivity index (χ2v) is 7.50. The molecule has 0 saturated carbocycles. The van der Waals surface area contributed by atoms with E-state index in [9.17, 15) is 4.79 Å². The SMILES string of the molecule is CCOc1ccc(-c2nc(NC(=O)Cc3ccc(OC)c(OC)c3)sc2C)cc1. The zero-order valence-corrected chi connectivity index (χ0v) is 17.8. The highest BCUT2D eigenvalue weighted by Crippen LogP contribution is 2.32. The maximum absolute atomic E-state index is 12.5. The first-order chi connectivity index (χ1) is 14.0. The van der Waals surface area contributed by atoms with Crippen LogP contribution in [0.2, 0.25) is 0 Å². The molecule has 0 aliphatic heterocycles. The van der Waals surface area contributed by atoms with Crippen LogP contribution in [0.3, 0.4) is 0 Å². The molecular formula is C22H24N2O4S. The summed E-state index contributed by atoms with van der Waals surface area (Å²) in [5, 5.41) is 3.47. The molecule has 152 valence electrons. The molecule has 2 aromatic carbocycles. The molecule has 3 rings (SSSR count). The van der Waals surface area contributed by atoms with Crippen molar-refractivity contribution in [2.24, 2.45) is 0 Å². The Balaban J connectivity index is 1.69. The van der Waals surface area contributed by atoms with Crippen molar-refractivity contribution in [3.63, 3.8) is 0 Å². The van der Waals surface area contributed by atoms with E-state index in [4.69, 9.17) is 14.2 Å². The van der Waals surface area contributed by atoms with Gasteiger partial charge >= 0.3 is 0 Å². The van der Waals surface area contributed by atoms with Crippen LogP contribution in [0.5, 0.6) is 17.2 Å². The van der Waals surface area contributed by atoms with E-state index in [2.05, 4.69) is 10.3 Å². The molecule has 0 unspecified atom stereocenters. The number of amides is 1. The van der Waals surface area contributed by atoms with Crippen LogP contribution in [-0.2, 0) is 11.2 Å². The summed E-state index contributed by atoms with van der Waals surface area (Å²) in [6, 6.07) is 13.2. The average Bonchev–Trinajstić information content (AvgIpc) is 3.08. The van der Waals surface area contributed by atoms with Gasteiger partial charge in [-0.15, -0.1) is 11.3 Å². The fraction of sp³-hybridized carbons (Fsp3) is 0.273. The van der Waals surface area contributed by atoms with Crippen molar-refractivity contribution in [2.75, 3.05) is 26.1 Å². The minimum Gasteiger partial charge on any atom is -0.494 e. The Morgan fingerprint density at radius 3 is 2.45 bits per heavy atom.